The van der Waals surface area contributed by atoms with Gasteiger partial charge < -0.3 is 5.32 Å². The number of amides is 3. The molecule has 2 aromatic rings. The smallest absolute Gasteiger partial charge is 0.321 e. The quantitative estimate of drug-likeness (QED) is 0.627. The second-order valence-electron chi connectivity index (χ2n) is 6.00. The lowest BCUT2D eigenvalue weighted by Crippen LogP contribution is -2.43. The van der Waals surface area contributed by atoms with E-state index in [0.29, 0.717) is 12.5 Å². The second-order valence-corrected chi connectivity index (χ2v) is 8.53. The molecule has 24 heavy (non-hydrogen) atoms. The van der Waals surface area contributed by atoms with Crippen LogP contribution in [0.4, 0.5) is 4.79 Å². The Morgan fingerprint density at radius 3 is 2.62 bits per heavy atom. The van der Waals surface area contributed by atoms with Crippen molar-refractivity contribution in [3.63, 3.8) is 0 Å². The zero-order valence-corrected chi connectivity index (χ0v) is 16.1. The van der Waals surface area contributed by atoms with Gasteiger partial charge in [0.25, 0.3) is 0 Å². The van der Waals surface area contributed by atoms with E-state index in [0.717, 1.165) is 20.8 Å². The summed E-state index contributed by atoms with van der Waals surface area (Å²) >= 11 is 2.96. The van der Waals surface area contributed by atoms with Crippen molar-refractivity contribution in [1.82, 2.24) is 20.6 Å². The molecule has 2 rings (SSSR count). The zero-order valence-electron chi connectivity index (χ0n) is 14.5. The average Bonchev–Trinajstić information content (AvgIpc) is 2.81. The van der Waals surface area contributed by atoms with Crippen molar-refractivity contribution in [2.75, 3.05) is 6.54 Å². The molecular weight excluding hydrogens is 344 g/mol. The lowest BCUT2D eigenvalue weighted by molar-refractivity contribution is -0.119. The lowest BCUT2D eigenvalue weighted by atomic mass is 10.2. The molecule has 8 heteroatoms. The molecule has 3 amide bonds. The maximum absolute atomic E-state index is 12.2. The van der Waals surface area contributed by atoms with E-state index >= 15 is 0 Å². The number of aryl methyl sites for hydroxylation is 2. The van der Waals surface area contributed by atoms with E-state index in [2.05, 4.69) is 20.6 Å². The summed E-state index contributed by atoms with van der Waals surface area (Å²) in [6.07, 6.45) is 1.51. The number of thiophene rings is 1. The van der Waals surface area contributed by atoms with Crippen LogP contribution in [0.2, 0.25) is 0 Å². The van der Waals surface area contributed by atoms with Gasteiger partial charge in [-0.1, -0.05) is 25.6 Å². The molecule has 0 aliphatic rings. The van der Waals surface area contributed by atoms with Crippen LogP contribution in [-0.2, 0) is 4.79 Å². The maximum atomic E-state index is 12.2. The molecule has 0 fully saturated rings. The van der Waals surface area contributed by atoms with Crippen LogP contribution in [0.5, 0.6) is 0 Å². The Bertz CT molecular complexity index is 758. The van der Waals surface area contributed by atoms with Crippen LogP contribution in [0, 0.1) is 19.8 Å². The van der Waals surface area contributed by atoms with Gasteiger partial charge >= 0.3 is 6.03 Å². The van der Waals surface area contributed by atoms with E-state index in [1.54, 1.807) is 18.3 Å². The summed E-state index contributed by atoms with van der Waals surface area (Å²) in [5, 5.41) is 6.37. The van der Waals surface area contributed by atoms with Gasteiger partial charge in [0.2, 0.25) is 5.91 Å². The number of hydrogen-bond acceptors (Lipinski definition) is 6. The summed E-state index contributed by atoms with van der Waals surface area (Å²) in [7, 11) is 0. The van der Waals surface area contributed by atoms with E-state index < -0.39 is 11.3 Å². The Labute approximate surface area is 149 Å². The van der Waals surface area contributed by atoms with Crippen LogP contribution >= 0.6 is 23.1 Å². The van der Waals surface area contributed by atoms with Gasteiger partial charge in [0.15, 0.2) is 0 Å². The number of thioether (sulfide) groups is 1. The van der Waals surface area contributed by atoms with Crippen LogP contribution in [-0.4, -0.2) is 33.7 Å². The largest absolute Gasteiger partial charge is 0.338 e. The lowest BCUT2D eigenvalue weighted by Gasteiger charge is -2.13. The minimum atomic E-state index is -0.462. The van der Waals surface area contributed by atoms with Crippen molar-refractivity contribution in [3.05, 3.63) is 16.8 Å². The molecule has 0 aliphatic carbocycles. The Morgan fingerprint density at radius 1 is 1.25 bits per heavy atom. The van der Waals surface area contributed by atoms with E-state index in [1.165, 1.54) is 23.0 Å². The van der Waals surface area contributed by atoms with Gasteiger partial charge in [-0.3, -0.25) is 10.1 Å². The van der Waals surface area contributed by atoms with Gasteiger partial charge in [-0.05, 0) is 32.3 Å². The fourth-order valence-electron chi connectivity index (χ4n) is 2.01. The molecule has 0 saturated carbocycles. The van der Waals surface area contributed by atoms with Gasteiger partial charge in [0.1, 0.15) is 16.2 Å². The number of imide groups is 1. The topological polar surface area (TPSA) is 84.0 Å². The summed E-state index contributed by atoms with van der Waals surface area (Å²) in [6, 6.07) is -0.462. The van der Waals surface area contributed by atoms with Crippen molar-refractivity contribution in [3.8, 4) is 0 Å². The highest BCUT2D eigenvalue weighted by Crippen LogP contribution is 2.35. The molecule has 2 N–H and O–H groups in total. The zero-order chi connectivity index (χ0) is 17.9. The number of urea groups is 1. The normalized spacial score (nSPS) is 12.4. The third-order valence-electron chi connectivity index (χ3n) is 3.50. The van der Waals surface area contributed by atoms with Gasteiger partial charge in [-0.25, -0.2) is 14.8 Å². The number of aromatic nitrogens is 2. The van der Waals surface area contributed by atoms with Gasteiger partial charge in [0.05, 0.1) is 5.25 Å². The van der Waals surface area contributed by atoms with E-state index in [9.17, 15) is 9.59 Å². The minimum absolute atomic E-state index is 0.330. The number of carbonyl (C=O) groups excluding carboxylic acids is 2. The number of fused-ring (bicyclic) bond motifs is 1. The first kappa shape index (κ1) is 18.7. The monoisotopic (exact) mass is 366 g/mol. The molecule has 0 bridgehead atoms. The van der Waals surface area contributed by atoms with Crippen molar-refractivity contribution in [2.24, 2.45) is 5.92 Å². The average molecular weight is 367 g/mol. The van der Waals surface area contributed by atoms with Crippen LogP contribution in [0.1, 0.15) is 31.2 Å². The van der Waals surface area contributed by atoms with Crippen molar-refractivity contribution in [1.29, 1.82) is 0 Å². The standard InChI is InChI=1S/C16H22N4O2S2/c1-8(2)6-17-16(22)20-13(21)11(5)24-15-12-9(3)10(4)23-14(12)18-7-19-15/h7-8,11H,6H2,1-5H3,(H2,17,20,21,22)/t11-/m0/s1. The highest BCUT2D eigenvalue weighted by Gasteiger charge is 2.20. The number of nitrogens with zero attached hydrogens (tertiary/aromatic N) is 2. The highest BCUT2D eigenvalue weighted by molar-refractivity contribution is 8.00. The molecule has 0 spiro atoms. The molecule has 0 radical (unpaired) electrons. The van der Waals surface area contributed by atoms with Crippen molar-refractivity contribution < 1.29 is 9.59 Å². The van der Waals surface area contributed by atoms with Crippen LogP contribution < -0.4 is 10.6 Å². The van der Waals surface area contributed by atoms with Crippen LogP contribution in [0.15, 0.2) is 11.4 Å². The van der Waals surface area contributed by atoms with Crippen LogP contribution in [0.3, 0.4) is 0 Å². The Morgan fingerprint density at radius 2 is 1.96 bits per heavy atom. The molecule has 2 heterocycles. The molecule has 0 aliphatic heterocycles. The number of hydrogen-bond donors (Lipinski definition) is 2. The molecule has 2 aromatic heterocycles. The van der Waals surface area contributed by atoms with E-state index in [1.807, 2.05) is 27.7 Å². The molecular formula is C16H22N4O2S2. The van der Waals surface area contributed by atoms with Crippen LogP contribution in [0.25, 0.3) is 10.2 Å². The van der Waals surface area contributed by atoms with Gasteiger partial charge in [-0.15, -0.1) is 11.3 Å². The molecule has 0 unspecified atom stereocenters. The number of nitrogens with one attached hydrogen (secondary N) is 2. The molecule has 0 aromatic carbocycles. The fraction of sp³-hybridized carbons (Fsp3) is 0.500. The summed E-state index contributed by atoms with van der Waals surface area (Å²) in [6.45, 7) is 10.4. The second kappa shape index (κ2) is 7.94. The SMILES string of the molecule is Cc1sc2ncnc(S[C@@H](C)C(=O)NC(=O)NCC(C)C)c2c1C. The summed E-state index contributed by atoms with van der Waals surface area (Å²) in [5.41, 5.74) is 1.14. The highest BCUT2D eigenvalue weighted by atomic mass is 32.2. The Balaban J connectivity index is 2.05. The van der Waals surface area contributed by atoms with E-state index in [-0.39, 0.29) is 5.91 Å². The number of rotatable bonds is 5. The van der Waals surface area contributed by atoms with Crippen molar-refractivity contribution >= 4 is 45.3 Å². The molecule has 1 atom stereocenters. The molecule has 0 saturated heterocycles. The van der Waals surface area contributed by atoms with E-state index in [4.69, 9.17) is 0 Å². The van der Waals surface area contributed by atoms with Gasteiger partial charge in [0, 0.05) is 16.8 Å². The van der Waals surface area contributed by atoms with Gasteiger partial charge in [-0.2, -0.15) is 0 Å². The predicted molar refractivity (Wildman–Crippen MR) is 98.6 cm³/mol. The third kappa shape index (κ3) is 4.45. The summed E-state index contributed by atoms with van der Waals surface area (Å²) < 4.78 is 0. The Hall–Kier alpha value is -1.67. The fourth-order valence-corrected chi connectivity index (χ4v) is 4.05. The molecule has 6 nitrogen and oxygen atoms in total. The minimum Gasteiger partial charge on any atom is -0.338 e. The van der Waals surface area contributed by atoms with Crippen molar-refractivity contribution in [2.45, 2.75) is 44.9 Å². The summed E-state index contributed by atoms with van der Waals surface area (Å²) in [5.74, 6) is -0.00520. The first-order valence-electron chi connectivity index (χ1n) is 7.75. The predicted octanol–water partition coefficient (Wildman–Crippen LogP) is 3.27. The third-order valence-corrected chi connectivity index (χ3v) is 5.71. The summed E-state index contributed by atoms with van der Waals surface area (Å²) in [4.78, 5) is 34.6. The number of carbonyl (C=O) groups is 2. The molecule has 130 valence electrons. The first-order valence-corrected chi connectivity index (χ1v) is 9.45. The maximum Gasteiger partial charge on any atom is 0.321 e. The Kier molecular flexibility index (Phi) is 6.17. The first-order chi connectivity index (χ1) is 11.3.